The molecule has 0 spiro atoms. The number of benzene rings is 1. The highest BCUT2D eigenvalue weighted by Crippen LogP contribution is 2.35. The summed E-state index contributed by atoms with van der Waals surface area (Å²) in [5, 5.41) is -0.184. The van der Waals surface area contributed by atoms with Gasteiger partial charge in [-0.1, -0.05) is 31.4 Å². The first-order valence-electron chi connectivity index (χ1n) is 9.70. The molecule has 6 nitrogen and oxygen atoms in total. The van der Waals surface area contributed by atoms with Crippen LogP contribution in [-0.4, -0.2) is 41.8 Å². The molecular formula is C21H25NO5S. The third-order valence-electron chi connectivity index (χ3n) is 4.88. The molecule has 0 radical (unpaired) electrons. The summed E-state index contributed by atoms with van der Waals surface area (Å²) < 4.78 is 10.2. The number of imide groups is 1. The number of nitrogens with zero attached hydrogens (tertiary/aromatic N) is 1. The fourth-order valence-corrected chi connectivity index (χ4v) is 4.29. The molecule has 2 amide bonds. The van der Waals surface area contributed by atoms with Gasteiger partial charge in [-0.2, -0.15) is 0 Å². The number of rotatable bonds is 7. The van der Waals surface area contributed by atoms with Crippen LogP contribution in [0, 0.1) is 5.92 Å². The molecule has 0 bridgehead atoms. The van der Waals surface area contributed by atoms with Crippen LogP contribution < -0.4 is 4.74 Å². The van der Waals surface area contributed by atoms with Gasteiger partial charge >= 0.3 is 5.97 Å². The molecule has 0 unspecified atom stereocenters. The number of hydrogen-bond donors (Lipinski definition) is 0. The molecule has 0 N–H and O–H groups in total. The molecule has 28 heavy (non-hydrogen) atoms. The maximum atomic E-state index is 12.6. The molecule has 1 heterocycles. The van der Waals surface area contributed by atoms with E-state index in [4.69, 9.17) is 9.47 Å². The number of ether oxygens (including phenoxy) is 2. The standard InChI is InChI=1S/C21H25NO5S/c1-2-26-19(23)14-27-17-10-8-15(9-11-17)12-18-20(24)22(21(25)28-18)13-16-6-4-3-5-7-16/h8-12,16H,2-7,13-14H2,1H3/b18-12+. The average molecular weight is 404 g/mol. The molecule has 2 fully saturated rings. The summed E-state index contributed by atoms with van der Waals surface area (Å²) in [6.07, 6.45) is 7.52. The summed E-state index contributed by atoms with van der Waals surface area (Å²) in [7, 11) is 0. The van der Waals surface area contributed by atoms with Crippen LogP contribution in [0.1, 0.15) is 44.6 Å². The van der Waals surface area contributed by atoms with E-state index in [-0.39, 0.29) is 17.8 Å². The Bertz CT molecular complexity index is 753. The smallest absolute Gasteiger partial charge is 0.344 e. The van der Waals surface area contributed by atoms with Crippen molar-refractivity contribution in [1.29, 1.82) is 0 Å². The van der Waals surface area contributed by atoms with Crippen molar-refractivity contribution in [2.75, 3.05) is 19.8 Å². The minimum Gasteiger partial charge on any atom is -0.482 e. The van der Waals surface area contributed by atoms with E-state index in [0.29, 0.717) is 29.7 Å². The van der Waals surface area contributed by atoms with E-state index in [1.54, 1.807) is 37.3 Å². The monoisotopic (exact) mass is 403 g/mol. The van der Waals surface area contributed by atoms with E-state index in [9.17, 15) is 14.4 Å². The highest BCUT2D eigenvalue weighted by Gasteiger charge is 2.36. The van der Waals surface area contributed by atoms with Crippen molar-refractivity contribution >= 4 is 35.0 Å². The van der Waals surface area contributed by atoms with Crippen molar-refractivity contribution in [2.45, 2.75) is 39.0 Å². The van der Waals surface area contributed by atoms with Gasteiger partial charge in [-0.25, -0.2) is 4.79 Å². The van der Waals surface area contributed by atoms with Crippen LogP contribution in [0.2, 0.25) is 0 Å². The molecule has 7 heteroatoms. The van der Waals surface area contributed by atoms with Crippen molar-refractivity contribution in [2.24, 2.45) is 5.92 Å². The molecule has 1 aliphatic heterocycles. The Morgan fingerprint density at radius 2 is 1.89 bits per heavy atom. The van der Waals surface area contributed by atoms with Crippen LogP contribution in [0.5, 0.6) is 5.75 Å². The second-order valence-corrected chi connectivity index (χ2v) is 7.95. The number of thioether (sulfide) groups is 1. The lowest BCUT2D eigenvalue weighted by Crippen LogP contribution is -2.34. The molecule has 2 aliphatic rings. The zero-order valence-electron chi connectivity index (χ0n) is 16.0. The largest absolute Gasteiger partial charge is 0.482 e. The maximum Gasteiger partial charge on any atom is 0.344 e. The summed E-state index contributed by atoms with van der Waals surface area (Å²) in [6.45, 7) is 2.44. The lowest BCUT2D eigenvalue weighted by atomic mass is 9.89. The molecular weight excluding hydrogens is 378 g/mol. The number of hydrogen-bond acceptors (Lipinski definition) is 6. The summed E-state index contributed by atoms with van der Waals surface area (Å²) in [6, 6.07) is 7.01. The Balaban J connectivity index is 1.59. The SMILES string of the molecule is CCOC(=O)COc1ccc(/C=C2/SC(=O)N(CC3CCCCC3)C2=O)cc1. The van der Waals surface area contributed by atoms with Crippen LogP contribution in [-0.2, 0) is 14.3 Å². The minimum atomic E-state index is -0.418. The van der Waals surface area contributed by atoms with E-state index in [1.165, 1.54) is 24.2 Å². The Labute approximate surface area is 169 Å². The van der Waals surface area contributed by atoms with E-state index in [2.05, 4.69) is 0 Å². The molecule has 1 aliphatic carbocycles. The quantitative estimate of drug-likeness (QED) is 0.501. The second kappa shape index (κ2) is 9.78. The van der Waals surface area contributed by atoms with Gasteiger partial charge in [0, 0.05) is 6.54 Å². The predicted molar refractivity (Wildman–Crippen MR) is 108 cm³/mol. The summed E-state index contributed by atoms with van der Waals surface area (Å²) in [5.41, 5.74) is 0.798. The van der Waals surface area contributed by atoms with Crippen molar-refractivity contribution in [3.05, 3.63) is 34.7 Å². The maximum absolute atomic E-state index is 12.6. The highest BCUT2D eigenvalue weighted by molar-refractivity contribution is 8.18. The zero-order valence-corrected chi connectivity index (χ0v) is 16.8. The Morgan fingerprint density at radius 3 is 2.57 bits per heavy atom. The van der Waals surface area contributed by atoms with Crippen LogP contribution in [0.15, 0.2) is 29.2 Å². The molecule has 1 aromatic rings. The number of carbonyl (C=O) groups is 3. The van der Waals surface area contributed by atoms with Crippen LogP contribution in [0.3, 0.4) is 0 Å². The van der Waals surface area contributed by atoms with Gasteiger partial charge in [0.25, 0.3) is 11.1 Å². The van der Waals surface area contributed by atoms with Crippen molar-refractivity contribution < 1.29 is 23.9 Å². The van der Waals surface area contributed by atoms with Crippen molar-refractivity contribution in [3.8, 4) is 5.75 Å². The summed E-state index contributed by atoms with van der Waals surface area (Å²) in [4.78, 5) is 38.1. The lowest BCUT2D eigenvalue weighted by molar-refractivity contribution is -0.145. The van der Waals surface area contributed by atoms with Gasteiger partial charge in [0.2, 0.25) is 0 Å². The molecule has 150 valence electrons. The number of amides is 2. The van der Waals surface area contributed by atoms with E-state index in [1.807, 2.05) is 0 Å². The Morgan fingerprint density at radius 1 is 1.18 bits per heavy atom. The van der Waals surface area contributed by atoms with Crippen LogP contribution in [0.25, 0.3) is 6.08 Å². The summed E-state index contributed by atoms with van der Waals surface area (Å²) >= 11 is 0.995. The van der Waals surface area contributed by atoms with Crippen molar-refractivity contribution in [1.82, 2.24) is 4.90 Å². The highest BCUT2D eigenvalue weighted by atomic mass is 32.2. The number of carbonyl (C=O) groups excluding carboxylic acids is 3. The first kappa shape index (κ1) is 20.5. The predicted octanol–water partition coefficient (Wildman–Crippen LogP) is 4.25. The van der Waals surface area contributed by atoms with Crippen LogP contribution in [0.4, 0.5) is 4.79 Å². The fourth-order valence-electron chi connectivity index (χ4n) is 3.44. The molecule has 3 rings (SSSR count). The third kappa shape index (κ3) is 5.38. The van der Waals surface area contributed by atoms with Gasteiger partial charge in [0.1, 0.15) is 5.75 Å². The number of esters is 1. The van der Waals surface area contributed by atoms with Gasteiger partial charge in [0.15, 0.2) is 6.61 Å². The lowest BCUT2D eigenvalue weighted by Gasteiger charge is -2.25. The summed E-state index contributed by atoms with van der Waals surface area (Å²) in [5.74, 6) is 0.342. The van der Waals surface area contributed by atoms with Crippen molar-refractivity contribution in [3.63, 3.8) is 0 Å². The van der Waals surface area contributed by atoms with Crippen LogP contribution >= 0.6 is 11.8 Å². The Hall–Kier alpha value is -2.28. The first-order chi connectivity index (χ1) is 13.6. The topological polar surface area (TPSA) is 72.9 Å². The molecule has 1 saturated heterocycles. The molecule has 1 aromatic carbocycles. The third-order valence-corrected chi connectivity index (χ3v) is 5.79. The Kier molecular flexibility index (Phi) is 7.14. The zero-order chi connectivity index (χ0) is 19.9. The van der Waals surface area contributed by atoms with Gasteiger partial charge in [-0.05, 0) is 61.2 Å². The fraction of sp³-hybridized carbons (Fsp3) is 0.476. The van der Waals surface area contributed by atoms with Gasteiger partial charge in [0.05, 0.1) is 11.5 Å². The van der Waals surface area contributed by atoms with E-state index >= 15 is 0 Å². The van der Waals surface area contributed by atoms with Gasteiger partial charge < -0.3 is 9.47 Å². The second-order valence-electron chi connectivity index (χ2n) is 6.96. The normalized spacial score (nSPS) is 19.3. The molecule has 0 aromatic heterocycles. The average Bonchev–Trinajstić information content (AvgIpc) is 2.96. The molecule has 0 atom stereocenters. The first-order valence-corrected chi connectivity index (χ1v) is 10.5. The van der Waals surface area contributed by atoms with Gasteiger partial charge in [-0.3, -0.25) is 14.5 Å². The minimum absolute atomic E-state index is 0.146. The van der Waals surface area contributed by atoms with Gasteiger partial charge in [-0.15, -0.1) is 0 Å². The molecule has 1 saturated carbocycles. The van der Waals surface area contributed by atoms with E-state index in [0.717, 1.165) is 30.2 Å². The van der Waals surface area contributed by atoms with E-state index < -0.39 is 5.97 Å².